The van der Waals surface area contributed by atoms with Gasteiger partial charge in [-0.15, -0.1) is 0 Å². The summed E-state index contributed by atoms with van der Waals surface area (Å²) in [6.07, 6.45) is -2.76. The van der Waals surface area contributed by atoms with E-state index < -0.39 is 33.7 Å². The Bertz CT molecular complexity index is 1620. The number of rotatable bonds is 9. The van der Waals surface area contributed by atoms with Crippen LogP contribution in [-0.4, -0.2) is 80.8 Å². The van der Waals surface area contributed by atoms with Gasteiger partial charge in [-0.2, -0.15) is 13.2 Å². The number of amides is 1. The van der Waals surface area contributed by atoms with Gasteiger partial charge in [-0.3, -0.25) is 14.4 Å². The summed E-state index contributed by atoms with van der Waals surface area (Å²) in [5, 5.41) is 10.2. The number of hydrogen-bond acceptors (Lipinski definition) is 7. The van der Waals surface area contributed by atoms with Gasteiger partial charge in [-0.25, -0.2) is 8.42 Å². The van der Waals surface area contributed by atoms with Gasteiger partial charge >= 0.3 is 6.18 Å². The maximum Gasteiger partial charge on any atom is 0.416 e. The van der Waals surface area contributed by atoms with E-state index in [4.69, 9.17) is 9.47 Å². The topological polar surface area (TPSA) is 108 Å². The van der Waals surface area contributed by atoms with Crippen molar-refractivity contribution in [3.63, 3.8) is 0 Å². The second kappa shape index (κ2) is 16.8. The molecular formula is C36H46F3N3O6S. The molecule has 1 heterocycles. The zero-order valence-corrected chi connectivity index (χ0v) is 29.1. The van der Waals surface area contributed by atoms with Crippen LogP contribution >= 0.6 is 0 Å². The molecule has 0 spiro atoms. The number of halogens is 3. The van der Waals surface area contributed by atoms with Crippen LogP contribution < -0.4 is 9.46 Å². The number of nitrogens with zero attached hydrogens (tertiary/aromatic N) is 2. The number of hydrogen-bond donors (Lipinski definition) is 2. The van der Waals surface area contributed by atoms with Crippen LogP contribution in [0.25, 0.3) is 0 Å². The number of carbonyl (C=O) groups is 1. The van der Waals surface area contributed by atoms with Crippen LogP contribution in [0.15, 0.2) is 77.7 Å². The average Bonchev–Trinajstić information content (AvgIpc) is 3.06. The fourth-order valence-electron chi connectivity index (χ4n) is 5.74. The number of carbonyl (C=O) groups excluding carboxylic acids is 1. The number of aliphatic hydroxyl groups excluding tert-OH is 1. The summed E-state index contributed by atoms with van der Waals surface area (Å²) >= 11 is 0. The Morgan fingerprint density at radius 2 is 1.73 bits per heavy atom. The number of anilines is 1. The molecule has 0 fully saturated rings. The van der Waals surface area contributed by atoms with Crippen LogP contribution in [0.3, 0.4) is 0 Å². The normalized spacial score (nSPS) is 20.6. The molecule has 0 aliphatic carbocycles. The van der Waals surface area contributed by atoms with Crippen LogP contribution in [-0.2, 0) is 27.5 Å². The van der Waals surface area contributed by atoms with Crippen LogP contribution in [0.2, 0.25) is 0 Å². The second-order valence-corrected chi connectivity index (χ2v) is 14.5. The predicted octanol–water partition coefficient (Wildman–Crippen LogP) is 6.43. The summed E-state index contributed by atoms with van der Waals surface area (Å²) in [6.45, 7) is 6.79. The summed E-state index contributed by atoms with van der Waals surface area (Å²) in [6, 6.07) is 17.0. The summed E-state index contributed by atoms with van der Waals surface area (Å²) in [4.78, 5) is 17.9. The monoisotopic (exact) mass is 705 g/mol. The Labute approximate surface area is 287 Å². The predicted molar refractivity (Wildman–Crippen MR) is 182 cm³/mol. The number of alkyl halides is 3. The van der Waals surface area contributed by atoms with Gasteiger partial charge in [0.05, 0.1) is 40.9 Å². The minimum Gasteiger partial charge on any atom is -0.490 e. The molecule has 0 radical (unpaired) electrons. The largest absolute Gasteiger partial charge is 0.490 e. The molecule has 13 heteroatoms. The molecule has 0 saturated heterocycles. The van der Waals surface area contributed by atoms with Crippen molar-refractivity contribution in [3.05, 3.63) is 89.5 Å². The molecule has 0 aromatic heterocycles. The van der Waals surface area contributed by atoms with Crippen molar-refractivity contribution in [2.24, 2.45) is 5.92 Å². The fourth-order valence-corrected chi connectivity index (χ4v) is 6.82. The first-order chi connectivity index (χ1) is 23.2. The lowest BCUT2D eigenvalue weighted by atomic mass is 10.0. The molecule has 4 rings (SSSR count). The number of fused-ring (bicyclic) bond motifs is 1. The molecule has 3 aromatic carbocycles. The highest BCUT2D eigenvalue weighted by Crippen LogP contribution is 2.31. The third-order valence-corrected chi connectivity index (χ3v) is 9.98. The van der Waals surface area contributed by atoms with Crippen LogP contribution in [0.5, 0.6) is 5.75 Å². The quantitative estimate of drug-likeness (QED) is 0.264. The Balaban J connectivity index is 1.60. The van der Waals surface area contributed by atoms with Crippen molar-refractivity contribution in [2.45, 2.75) is 75.9 Å². The van der Waals surface area contributed by atoms with Crippen molar-refractivity contribution in [3.8, 4) is 5.75 Å². The van der Waals surface area contributed by atoms with Crippen molar-refractivity contribution in [1.82, 2.24) is 9.80 Å². The summed E-state index contributed by atoms with van der Waals surface area (Å²) in [5.41, 5.74) is 0.358. The molecule has 268 valence electrons. The molecule has 0 unspecified atom stereocenters. The second-order valence-electron chi connectivity index (χ2n) is 12.8. The minimum atomic E-state index is -4.41. The van der Waals surface area contributed by atoms with Gasteiger partial charge in [0, 0.05) is 37.8 Å². The van der Waals surface area contributed by atoms with Gasteiger partial charge in [-0.05, 0) is 88.2 Å². The number of ether oxygens (including phenoxy) is 2. The highest BCUT2D eigenvalue weighted by molar-refractivity contribution is 7.92. The Morgan fingerprint density at radius 3 is 2.39 bits per heavy atom. The number of aliphatic hydroxyl groups is 1. The van der Waals surface area contributed by atoms with E-state index in [0.717, 1.165) is 30.5 Å². The molecule has 4 atom stereocenters. The molecule has 1 aliphatic heterocycles. The van der Waals surface area contributed by atoms with Gasteiger partial charge in [0.15, 0.2) is 0 Å². The first-order valence-corrected chi connectivity index (χ1v) is 17.9. The van der Waals surface area contributed by atoms with E-state index in [1.807, 2.05) is 25.8 Å². The zero-order chi connectivity index (χ0) is 35.8. The number of benzene rings is 3. The fraction of sp³-hybridized carbons (Fsp3) is 0.472. The zero-order valence-electron chi connectivity index (χ0n) is 28.3. The molecule has 2 N–H and O–H groups in total. The third kappa shape index (κ3) is 10.7. The highest BCUT2D eigenvalue weighted by Gasteiger charge is 2.32. The van der Waals surface area contributed by atoms with Crippen LogP contribution in [0, 0.1) is 5.92 Å². The third-order valence-electron chi connectivity index (χ3n) is 8.58. The highest BCUT2D eigenvalue weighted by atomic mass is 32.2. The summed E-state index contributed by atoms with van der Waals surface area (Å²) in [5.74, 6) is -0.353. The molecule has 3 aromatic rings. The SMILES string of the molecule is C[C@@H]1CCCCO[C@@H](CN(C)Cc2ccc(C(F)(F)F)cc2)[C@H](C)CN([C@H](C)CO)C(=O)c2cc(NS(=O)(=O)c3ccccc3)ccc2O1. The molecule has 0 bridgehead atoms. The van der Waals surface area contributed by atoms with E-state index in [9.17, 15) is 31.5 Å². The van der Waals surface area contributed by atoms with Crippen molar-refractivity contribution in [1.29, 1.82) is 0 Å². The molecule has 1 aliphatic rings. The van der Waals surface area contributed by atoms with Gasteiger partial charge in [0.2, 0.25) is 0 Å². The van der Waals surface area contributed by atoms with Crippen LogP contribution in [0.4, 0.5) is 18.9 Å². The average molecular weight is 706 g/mol. The molecule has 49 heavy (non-hydrogen) atoms. The Morgan fingerprint density at radius 1 is 1.04 bits per heavy atom. The number of sulfonamides is 1. The lowest BCUT2D eigenvalue weighted by molar-refractivity contribution is -0.137. The van der Waals surface area contributed by atoms with E-state index in [0.29, 0.717) is 31.9 Å². The number of likely N-dealkylation sites (N-methyl/N-ethyl adjacent to an activating group) is 1. The van der Waals surface area contributed by atoms with Crippen molar-refractivity contribution in [2.75, 3.05) is 38.1 Å². The standard InChI is InChI=1S/C36H46F3N3O6S/c1-25-21-42(26(2)24-43)35(44)32-20-30(40-49(45,46)31-11-6-5-7-12-31)17-18-33(32)48-27(3)10-8-9-19-47-34(25)23-41(4)22-28-13-15-29(16-14-28)36(37,38)39/h5-7,11-18,20,25-27,34,40,43H,8-10,19,21-24H2,1-4H3/t25-,26-,27-,34+/m1/s1. The van der Waals surface area contributed by atoms with Crippen molar-refractivity contribution >= 4 is 21.6 Å². The lowest BCUT2D eigenvalue weighted by Gasteiger charge is -2.36. The first kappa shape index (κ1) is 38.2. The lowest BCUT2D eigenvalue weighted by Crippen LogP contribution is -2.47. The smallest absolute Gasteiger partial charge is 0.416 e. The molecule has 0 saturated carbocycles. The van der Waals surface area contributed by atoms with E-state index in [-0.39, 0.29) is 47.4 Å². The van der Waals surface area contributed by atoms with Gasteiger partial charge < -0.3 is 19.5 Å². The minimum absolute atomic E-state index is 0.0740. The van der Waals surface area contributed by atoms with Gasteiger partial charge in [-0.1, -0.05) is 37.3 Å². The molecule has 9 nitrogen and oxygen atoms in total. The Hall–Kier alpha value is -3.65. The summed E-state index contributed by atoms with van der Waals surface area (Å²) in [7, 11) is -2.07. The first-order valence-electron chi connectivity index (χ1n) is 16.4. The Kier molecular flexibility index (Phi) is 13.1. The van der Waals surface area contributed by atoms with E-state index in [2.05, 4.69) is 4.72 Å². The van der Waals surface area contributed by atoms with E-state index >= 15 is 0 Å². The summed E-state index contributed by atoms with van der Waals surface area (Å²) < 4.78 is 80.6. The van der Waals surface area contributed by atoms with E-state index in [1.54, 1.807) is 42.2 Å². The van der Waals surface area contributed by atoms with Crippen molar-refractivity contribution < 1.29 is 41.0 Å². The number of nitrogens with one attached hydrogen (secondary N) is 1. The molecule has 1 amide bonds. The van der Waals surface area contributed by atoms with Gasteiger partial charge in [0.1, 0.15) is 5.75 Å². The van der Waals surface area contributed by atoms with Crippen LogP contribution in [0.1, 0.15) is 61.5 Å². The molecular weight excluding hydrogens is 659 g/mol. The maximum atomic E-state index is 14.3. The maximum absolute atomic E-state index is 14.3. The van der Waals surface area contributed by atoms with Gasteiger partial charge in [0.25, 0.3) is 15.9 Å². The van der Waals surface area contributed by atoms with E-state index in [1.165, 1.54) is 30.3 Å².